The molecule has 18 heavy (non-hydrogen) atoms. The summed E-state index contributed by atoms with van der Waals surface area (Å²) in [5.74, 6) is -0.0921. The number of aliphatic hydroxyl groups excluding tert-OH is 1. The van der Waals surface area contributed by atoms with Crippen molar-refractivity contribution >= 4 is 37.8 Å². The first-order chi connectivity index (χ1) is 8.63. The van der Waals surface area contributed by atoms with E-state index < -0.39 is 0 Å². The van der Waals surface area contributed by atoms with Crippen LogP contribution in [-0.4, -0.2) is 48.3 Å². The molecule has 0 aliphatic carbocycles. The Morgan fingerprint density at radius 3 is 3.00 bits per heavy atom. The molecular formula is C12H13Br2NO3. The van der Waals surface area contributed by atoms with Gasteiger partial charge in [-0.3, -0.25) is 4.79 Å². The minimum atomic E-state index is -0.267. The Morgan fingerprint density at radius 2 is 2.28 bits per heavy atom. The molecule has 0 aromatic heterocycles. The maximum Gasteiger partial charge on any atom is 0.255 e. The Morgan fingerprint density at radius 1 is 1.50 bits per heavy atom. The van der Waals surface area contributed by atoms with Crippen LogP contribution in [-0.2, 0) is 4.74 Å². The topological polar surface area (TPSA) is 49.8 Å². The van der Waals surface area contributed by atoms with Crippen molar-refractivity contribution in [1.82, 2.24) is 4.90 Å². The molecule has 1 aliphatic heterocycles. The van der Waals surface area contributed by atoms with E-state index in [-0.39, 0.29) is 18.6 Å². The van der Waals surface area contributed by atoms with E-state index in [9.17, 15) is 9.90 Å². The van der Waals surface area contributed by atoms with Crippen LogP contribution in [0.25, 0.3) is 0 Å². The number of benzene rings is 1. The molecule has 1 atom stereocenters. The van der Waals surface area contributed by atoms with Crippen molar-refractivity contribution < 1.29 is 14.6 Å². The highest BCUT2D eigenvalue weighted by Crippen LogP contribution is 2.24. The number of ether oxygens (including phenoxy) is 1. The lowest BCUT2D eigenvalue weighted by atomic mass is 10.1. The maximum atomic E-state index is 12.5. The largest absolute Gasteiger partial charge is 0.394 e. The first-order valence-electron chi connectivity index (χ1n) is 5.58. The van der Waals surface area contributed by atoms with Crippen LogP contribution in [0.2, 0.25) is 0 Å². The molecule has 1 aliphatic rings. The maximum absolute atomic E-state index is 12.5. The van der Waals surface area contributed by atoms with E-state index in [4.69, 9.17) is 4.74 Å². The highest BCUT2D eigenvalue weighted by molar-refractivity contribution is 9.11. The van der Waals surface area contributed by atoms with E-state index in [1.807, 2.05) is 12.1 Å². The lowest BCUT2D eigenvalue weighted by Gasteiger charge is -2.34. The molecule has 0 radical (unpaired) electrons. The second-order valence-corrected chi connectivity index (χ2v) is 5.80. The minimum Gasteiger partial charge on any atom is -0.394 e. The molecule has 1 saturated heterocycles. The summed E-state index contributed by atoms with van der Waals surface area (Å²) in [5, 5.41) is 9.29. The third-order valence-electron chi connectivity index (χ3n) is 2.86. The van der Waals surface area contributed by atoms with E-state index in [1.165, 1.54) is 0 Å². The quantitative estimate of drug-likeness (QED) is 0.856. The van der Waals surface area contributed by atoms with Gasteiger partial charge >= 0.3 is 0 Å². The predicted octanol–water partition coefficient (Wildman–Crippen LogP) is 2.04. The van der Waals surface area contributed by atoms with Gasteiger partial charge in [0.05, 0.1) is 31.4 Å². The van der Waals surface area contributed by atoms with Gasteiger partial charge in [0.15, 0.2) is 0 Å². The molecule has 6 heteroatoms. The van der Waals surface area contributed by atoms with Gasteiger partial charge in [0.2, 0.25) is 0 Å². The van der Waals surface area contributed by atoms with Crippen LogP contribution >= 0.6 is 31.9 Å². The van der Waals surface area contributed by atoms with Crippen molar-refractivity contribution in [3.63, 3.8) is 0 Å². The van der Waals surface area contributed by atoms with Gasteiger partial charge < -0.3 is 14.7 Å². The van der Waals surface area contributed by atoms with E-state index in [0.717, 1.165) is 8.95 Å². The molecule has 0 bridgehead atoms. The second-order valence-electron chi connectivity index (χ2n) is 4.03. The van der Waals surface area contributed by atoms with Crippen LogP contribution in [0.1, 0.15) is 10.4 Å². The summed E-state index contributed by atoms with van der Waals surface area (Å²) in [6.07, 6.45) is 0. The smallest absolute Gasteiger partial charge is 0.255 e. The van der Waals surface area contributed by atoms with Gasteiger partial charge in [-0.25, -0.2) is 0 Å². The van der Waals surface area contributed by atoms with E-state index in [0.29, 0.717) is 25.3 Å². The van der Waals surface area contributed by atoms with E-state index in [2.05, 4.69) is 31.9 Å². The zero-order chi connectivity index (χ0) is 13.1. The summed E-state index contributed by atoms with van der Waals surface area (Å²) >= 11 is 6.73. The van der Waals surface area contributed by atoms with Crippen molar-refractivity contribution in [2.24, 2.45) is 0 Å². The average Bonchev–Trinajstić information content (AvgIpc) is 2.40. The zero-order valence-electron chi connectivity index (χ0n) is 9.60. The van der Waals surface area contributed by atoms with Gasteiger partial charge in [0.1, 0.15) is 0 Å². The van der Waals surface area contributed by atoms with Crippen molar-refractivity contribution in [3.8, 4) is 0 Å². The number of carbonyl (C=O) groups is 1. The Balaban J connectivity index is 2.26. The first kappa shape index (κ1) is 14.0. The first-order valence-corrected chi connectivity index (χ1v) is 7.16. The van der Waals surface area contributed by atoms with Crippen molar-refractivity contribution in [3.05, 3.63) is 32.7 Å². The molecule has 1 amide bonds. The van der Waals surface area contributed by atoms with Crippen LogP contribution in [0.3, 0.4) is 0 Å². The molecule has 1 N–H and O–H groups in total. The molecule has 98 valence electrons. The molecule has 0 saturated carbocycles. The van der Waals surface area contributed by atoms with Crippen molar-refractivity contribution in [2.75, 3.05) is 26.4 Å². The van der Waals surface area contributed by atoms with Crippen molar-refractivity contribution in [2.45, 2.75) is 6.04 Å². The van der Waals surface area contributed by atoms with Gasteiger partial charge in [0, 0.05) is 15.5 Å². The SMILES string of the molecule is O=C(c1cc(Br)ccc1Br)N1CCOCC1CO. The zero-order valence-corrected chi connectivity index (χ0v) is 12.8. The number of carbonyl (C=O) groups excluding carboxylic acids is 1. The molecule has 4 nitrogen and oxygen atoms in total. The number of halogens is 2. The summed E-state index contributed by atoms with van der Waals surface area (Å²) in [7, 11) is 0. The Labute approximate surface area is 122 Å². The van der Waals surface area contributed by atoms with E-state index in [1.54, 1.807) is 11.0 Å². The molecule has 0 spiro atoms. The van der Waals surface area contributed by atoms with Gasteiger partial charge in [-0.2, -0.15) is 0 Å². The normalized spacial score (nSPS) is 19.9. The number of hydrogen-bond donors (Lipinski definition) is 1. The average molecular weight is 379 g/mol. The lowest BCUT2D eigenvalue weighted by molar-refractivity contribution is -0.0184. The number of aliphatic hydroxyl groups is 1. The number of morpholine rings is 1. The second kappa shape index (κ2) is 6.14. The summed E-state index contributed by atoms with van der Waals surface area (Å²) in [5.41, 5.74) is 0.588. The fourth-order valence-corrected chi connectivity index (χ4v) is 2.67. The number of rotatable bonds is 2. The highest BCUT2D eigenvalue weighted by atomic mass is 79.9. The third-order valence-corrected chi connectivity index (χ3v) is 4.04. The highest BCUT2D eigenvalue weighted by Gasteiger charge is 2.28. The fourth-order valence-electron chi connectivity index (χ4n) is 1.89. The molecular weight excluding hydrogens is 366 g/mol. The van der Waals surface area contributed by atoms with Gasteiger partial charge in [-0.1, -0.05) is 15.9 Å². The van der Waals surface area contributed by atoms with Gasteiger partial charge in [-0.15, -0.1) is 0 Å². The Kier molecular flexibility index (Phi) is 4.77. The Hall–Kier alpha value is -0.430. The summed E-state index contributed by atoms with van der Waals surface area (Å²) in [6, 6.07) is 5.20. The van der Waals surface area contributed by atoms with Crippen LogP contribution in [0.15, 0.2) is 27.1 Å². The van der Waals surface area contributed by atoms with Crippen LogP contribution < -0.4 is 0 Å². The van der Waals surface area contributed by atoms with Crippen LogP contribution in [0.4, 0.5) is 0 Å². The molecule has 2 rings (SSSR count). The molecule has 1 fully saturated rings. The standard InChI is InChI=1S/C12H13Br2NO3/c13-8-1-2-11(14)10(5-8)12(17)15-3-4-18-7-9(15)6-16/h1-2,5,9,16H,3-4,6-7H2. The third kappa shape index (κ3) is 2.93. The molecule has 1 aromatic carbocycles. The van der Waals surface area contributed by atoms with Gasteiger partial charge in [0.25, 0.3) is 5.91 Å². The van der Waals surface area contributed by atoms with Crippen LogP contribution in [0, 0.1) is 0 Å². The number of amides is 1. The van der Waals surface area contributed by atoms with E-state index >= 15 is 0 Å². The van der Waals surface area contributed by atoms with Gasteiger partial charge in [-0.05, 0) is 34.1 Å². The minimum absolute atomic E-state index is 0.0860. The lowest BCUT2D eigenvalue weighted by Crippen LogP contribution is -2.50. The summed E-state index contributed by atoms with van der Waals surface area (Å²) in [6.45, 7) is 1.31. The van der Waals surface area contributed by atoms with Crippen LogP contribution in [0.5, 0.6) is 0 Å². The fraction of sp³-hybridized carbons (Fsp3) is 0.417. The summed E-state index contributed by atoms with van der Waals surface area (Å²) < 4.78 is 6.87. The predicted molar refractivity (Wildman–Crippen MR) is 74.6 cm³/mol. The number of hydrogen-bond acceptors (Lipinski definition) is 3. The summed E-state index contributed by atoms with van der Waals surface area (Å²) in [4.78, 5) is 14.1. The number of nitrogens with zero attached hydrogens (tertiary/aromatic N) is 1. The van der Waals surface area contributed by atoms with Crippen molar-refractivity contribution in [1.29, 1.82) is 0 Å². The molecule has 1 aromatic rings. The molecule has 1 heterocycles. The Bertz CT molecular complexity index is 453. The molecule has 1 unspecified atom stereocenters. The monoisotopic (exact) mass is 377 g/mol.